The number of hydrogen-bond donors (Lipinski definition) is 1. The molecule has 78 valence electrons. The Hall–Kier alpha value is -1.06. The number of phenols is 1. The standard InChI is InChI=1S/C11H8ClFOS/c1-6-2-3-15-11(6)7-4-8(12)9(13)5-10(7)14/h2-5,14H,1H3. The van der Waals surface area contributed by atoms with Gasteiger partial charge in [-0.2, -0.15) is 0 Å². The molecule has 2 aromatic rings. The van der Waals surface area contributed by atoms with E-state index in [1.807, 2.05) is 18.4 Å². The fraction of sp³-hybridized carbons (Fsp3) is 0.0909. The van der Waals surface area contributed by atoms with E-state index in [-0.39, 0.29) is 10.8 Å². The molecule has 0 atom stereocenters. The molecule has 0 radical (unpaired) electrons. The number of halogens is 2. The normalized spacial score (nSPS) is 10.6. The average molecular weight is 243 g/mol. The van der Waals surface area contributed by atoms with Crippen LogP contribution < -0.4 is 0 Å². The molecular formula is C11H8ClFOS. The van der Waals surface area contributed by atoms with Gasteiger partial charge in [-0.25, -0.2) is 4.39 Å². The lowest BCUT2D eigenvalue weighted by Crippen LogP contribution is -1.82. The number of aryl methyl sites for hydroxylation is 1. The van der Waals surface area contributed by atoms with E-state index >= 15 is 0 Å². The molecule has 0 aliphatic carbocycles. The average Bonchev–Trinajstić information content (AvgIpc) is 2.58. The van der Waals surface area contributed by atoms with Crippen molar-refractivity contribution in [3.8, 4) is 16.2 Å². The summed E-state index contributed by atoms with van der Waals surface area (Å²) in [5.41, 5.74) is 1.62. The van der Waals surface area contributed by atoms with Gasteiger partial charge in [-0.1, -0.05) is 11.6 Å². The van der Waals surface area contributed by atoms with E-state index in [4.69, 9.17) is 11.6 Å². The fourth-order valence-corrected chi connectivity index (χ4v) is 2.48. The summed E-state index contributed by atoms with van der Waals surface area (Å²) in [6.45, 7) is 1.93. The van der Waals surface area contributed by atoms with Crippen LogP contribution in [0.1, 0.15) is 5.56 Å². The maximum Gasteiger partial charge on any atom is 0.145 e. The lowest BCUT2D eigenvalue weighted by atomic mass is 10.1. The number of thiophene rings is 1. The first-order valence-corrected chi connectivity index (χ1v) is 5.58. The van der Waals surface area contributed by atoms with Crippen LogP contribution in [0.5, 0.6) is 5.75 Å². The Labute approximate surface area is 95.8 Å². The van der Waals surface area contributed by atoms with Crippen molar-refractivity contribution in [2.24, 2.45) is 0 Å². The number of hydrogen-bond acceptors (Lipinski definition) is 2. The first kappa shape index (κ1) is 10.5. The van der Waals surface area contributed by atoms with Gasteiger partial charge < -0.3 is 5.11 Å². The van der Waals surface area contributed by atoms with Gasteiger partial charge in [0.2, 0.25) is 0 Å². The van der Waals surface area contributed by atoms with Crippen molar-refractivity contribution in [1.82, 2.24) is 0 Å². The molecule has 0 saturated carbocycles. The molecule has 15 heavy (non-hydrogen) atoms. The molecule has 0 bridgehead atoms. The Kier molecular flexibility index (Phi) is 2.67. The number of rotatable bonds is 1. The molecule has 0 aliphatic heterocycles. The van der Waals surface area contributed by atoms with Crippen LogP contribution in [-0.2, 0) is 0 Å². The minimum atomic E-state index is -0.605. The zero-order valence-electron chi connectivity index (χ0n) is 7.92. The van der Waals surface area contributed by atoms with Crippen LogP contribution in [0.2, 0.25) is 5.02 Å². The van der Waals surface area contributed by atoms with E-state index in [9.17, 15) is 9.50 Å². The zero-order valence-corrected chi connectivity index (χ0v) is 9.49. The molecule has 1 aromatic carbocycles. The van der Waals surface area contributed by atoms with Gasteiger partial charge in [-0.3, -0.25) is 0 Å². The molecule has 1 aromatic heterocycles. The van der Waals surface area contributed by atoms with Crippen molar-refractivity contribution in [2.45, 2.75) is 6.92 Å². The van der Waals surface area contributed by atoms with Gasteiger partial charge in [0, 0.05) is 16.5 Å². The number of phenolic OH excluding ortho intramolecular Hbond substituents is 1. The molecular weight excluding hydrogens is 235 g/mol. The molecule has 0 saturated heterocycles. The Morgan fingerprint density at radius 3 is 2.73 bits per heavy atom. The molecule has 0 fully saturated rings. The molecule has 0 amide bonds. The second-order valence-electron chi connectivity index (χ2n) is 3.22. The van der Waals surface area contributed by atoms with E-state index in [0.717, 1.165) is 16.5 Å². The minimum Gasteiger partial charge on any atom is -0.507 e. The fourth-order valence-electron chi connectivity index (χ4n) is 1.37. The smallest absolute Gasteiger partial charge is 0.145 e. The van der Waals surface area contributed by atoms with Crippen LogP contribution in [0.15, 0.2) is 23.6 Å². The summed E-state index contributed by atoms with van der Waals surface area (Å²) in [4.78, 5) is 0.911. The molecule has 1 nitrogen and oxygen atoms in total. The highest BCUT2D eigenvalue weighted by atomic mass is 35.5. The second-order valence-corrected chi connectivity index (χ2v) is 4.54. The third kappa shape index (κ3) is 1.85. The van der Waals surface area contributed by atoms with Crippen molar-refractivity contribution in [1.29, 1.82) is 0 Å². The van der Waals surface area contributed by atoms with E-state index in [0.29, 0.717) is 5.56 Å². The third-order valence-corrected chi connectivity index (χ3v) is 3.48. The predicted octanol–water partition coefficient (Wildman–Crippen LogP) is 4.22. The SMILES string of the molecule is Cc1ccsc1-c1cc(Cl)c(F)cc1O. The molecule has 4 heteroatoms. The highest BCUT2D eigenvalue weighted by molar-refractivity contribution is 7.13. The summed E-state index contributed by atoms with van der Waals surface area (Å²) in [6, 6.07) is 4.43. The molecule has 1 heterocycles. The largest absolute Gasteiger partial charge is 0.507 e. The van der Waals surface area contributed by atoms with Crippen molar-refractivity contribution < 1.29 is 9.50 Å². The van der Waals surface area contributed by atoms with E-state index < -0.39 is 5.82 Å². The van der Waals surface area contributed by atoms with Crippen LogP contribution >= 0.6 is 22.9 Å². The number of benzene rings is 1. The van der Waals surface area contributed by atoms with Crippen LogP contribution in [0, 0.1) is 12.7 Å². The Balaban J connectivity index is 2.64. The van der Waals surface area contributed by atoms with Crippen molar-refractivity contribution in [3.63, 3.8) is 0 Å². The van der Waals surface area contributed by atoms with E-state index in [1.165, 1.54) is 17.4 Å². The van der Waals surface area contributed by atoms with Gasteiger partial charge in [-0.05, 0) is 30.0 Å². The lowest BCUT2D eigenvalue weighted by Gasteiger charge is -2.05. The summed E-state index contributed by atoms with van der Waals surface area (Å²) < 4.78 is 13.0. The predicted molar refractivity (Wildman–Crippen MR) is 61.1 cm³/mol. The summed E-state index contributed by atoms with van der Waals surface area (Å²) in [7, 11) is 0. The van der Waals surface area contributed by atoms with E-state index in [1.54, 1.807) is 0 Å². The van der Waals surface area contributed by atoms with Gasteiger partial charge in [-0.15, -0.1) is 11.3 Å². The molecule has 0 unspecified atom stereocenters. The number of aromatic hydroxyl groups is 1. The molecule has 0 aliphatic rings. The maximum absolute atomic E-state index is 13.0. The first-order chi connectivity index (χ1) is 7.09. The zero-order chi connectivity index (χ0) is 11.0. The van der Waals surface area contributed by atoms with Crippen molar-refractivity contribution >= 4 is 22.9 Å². The lowest BCUT2D eigenvalue weighted by molar-refractivity contribution is 0.471. The highest BCUT2D eigenvalue weighted by Crippen LogP contribution is 2.37. The summed E-state index contributed by atoms with van der Waals surface area (Å²) in [5.74, 6) is -0.686. The third-order valence-electron chi connectivity index (χ3n) is 2.15. The van der Waals surface area contributed by atoms with Crippen molar-refractivity contribution in [3.05, 3.63) is 40.0 Å². The van der Waals surface area contributed by atoms with Crippen LogP contribution in [0.4, 0.5) is 4.39 Å². The van der Waals surface area contributed by atoms with Crippen LogP contribution in [0.3, 0.4) is 0 Å². The molecule has 2 rings (SSSR count). The van der Waals surface area contributed by atoms with Gasteiger partial charge in [0.05, 0.1) is 5.02 Å². The Bertz CT molecular complexity index is 507. The van der Waals surface area contributed by atoms with Gasteiger partial charge in [0.15, 0.2) is 0 Å². The molecule has 1 N–H and O–H groups in total. The highest BCUT2D eigenvalue weighted by Gasteiger charge is 2.12. The van der Waals surface area contributed by atoms with Gasteiger partial charge in [0.1, 0.15) is 11.6 Å². The first-order valence-electron chi connectivity index (χ1n) is 4.32. The Morgan fingerprint density at radius 1 is 1.40 bits per heavy atom. The summed E-state index contributed by atoms with van der Waals surface area (Å²) >= 11 is 7.16. The Morgan fingerprint density at radius 2 is 2.13 bits per heavy atom. The van der Waals surface area contributed by atoms with Gasteiger partial charge in [0.25, 0.3) is 0 Å². The minimum absolute atomic E-state index is 0.0237. The van der Waals surface area contributed by atoms with E-state index in [2.05, 4.69) is 0 Å². The quantitative estimate of drug-likeness (QED) is 0.794. The summed E-state index contributed by atoms with van der Waals surface area (Å²) in [5, 5.41) is 11.6. The van der Waals surface area contributed by atoms with Crippen molar-refractivity contribution in [2.75, 3.05) is 0 Å². The van der Waals surface area contributed by atoms with Gasteiger partial charge >= 0.3 is 0 Å². The summed E-state index contributed by atoms with van der Waals surface area (Å²) in [6.07, 6.45) is 0. The monoisotopic (exact) mass is 242 g/mol. The second kappa shape index (κ2) is 3.83. The maximum atomic E-state index is 13.0. The molecule has 0 spiro atoms. The van der Waals surface area contributed by atoms with Crippen LogP contribution in [0.25, 0.3) is 10.4 Å². The van der Waals surface area contributed by atoms with Crippen LogP contribution in [-0.4, -0.2) is 5.11 Å². The topological polar surface area (TPSA) is 20.2 Å².